The zero-order chi connectivity index (χ0) is 21.8. The number of carbonyl (C=O) groups excluding carboxylic acids is 1. The van der Waals surface area contributed by atoms with Crippen molar-refractivity contribution in [1.82, 2.24) is 15.2 Å². The molecule has 0 radical (unpaired) electrons. The van der Waals surface area contributed by atoms with Crippen molar-refractivity contribution in [3.63, 3.8) is 0 Å². The van der Waals surface area contributed by atoms with E-state index in [1.54, 1.807) is 4.90 Å². The minimum absolute atomic E-state index is 0.0754. The minimum atomic E-state index is -0.755. The molecule has 0 unspecified atom stereocenters. The molecule has 1 atom stereocenters. The number of benzene rings is 2. The average molecular weight is 437 g/mol. The Bertz CT molecular complexity index is 1090. The smallest absolute Gasteiger partial charge is 0.247 e. The van der Waals surface area contributed by atoms with E-state index < -0.39 is 6.23 Å². The number of thioether (sulfide) groups is 1. The number of fused-ring (bicyclic) bond motifs is 3. The maximum atomic E-state index is 13.2. The van der Waals surface area contributed by atoms with Crippen molar-refractivity contribution in [1.29, 1.82) is 0 Å². The van der Waals surface area contributed by atoms with Gasteiger partial charge in [0.15, 0.2) is 5.69 Å². The number of ether oxygens (including phenoxy) is 2. The van der Waals surface area contributed by atoms with Gasteiger partial charge in [-0.15, -0.1) is 10.2 Å². The summed E-state index contributed by atoms with van der Waals surface area (Å²) in [6.45, 7) is 4.46. The summed E-state index contributed by atoms with van der Waals surface area (Å²) >= 11 is 1.38. The normalized spacial score (nSPS) is 14.8. The maximum absolute atomic E-state index is 13.2. The van der Waals surface area contributed by atoms with Crippen molar-refractivity contribution in [3.8, 4) is 22.9 Å². The van der Waals surface area contributed by atoms with E-state index in [4.69, 9.17) is 9.47 Å². The van der Waals surface area contributed by atoms with Crippen molar-refractivity contribution in [2.24, 2.45) is 0 Å². The predicted octanol–water partition coefficient (Wildman–Crippen LogP) is 4.88. The van der Waals surface area contributed by atoms with E-state index in [1.807, 2.05) is 61.7 Å². The van der Waals surface area contributed by atoms with E-state index in [1.165, 1.54) is 11.8 Å². The number of para-hydroxylation sites is 2. The van der Waals surface area contributed by atoms with Gasteiger partial charge in [0.1, 0.15) is 5.75 Å². The first-order chi connectivity index (χ1) is 15.2. The average Bonchev–Trinajstić information content (AvgIpc) is 2.96. The molecule has 2 aromatic carbocycles. The van der Waals surface area contributed by atoms with Crippen molar-refractivity contribution in [3.05, 3.63) is 54.1 Å². The molecule has 1 aromatic heterocycles. The van der Waals surface area contributed by atoms with Gasteiger partial charge in [0.25, 0.3) is 0 Å². The fraction of sp³-hybridized carbons (Fsp3) is 0.304. The first kappa shape index (κ1) is 21.1. The Morgan fingerprint density at radius 1 is 1.13 bits per heavy atom. The second-order valence-electron chi connectivity index (χ2n) is 6.94. The van der Waals surface area contributed by atoms with Crippen LogP contribution < -0.4 is 14.4 Å². The van der Waals surface area contributed by atoms with Gasteiger partial charge in [-0.25, -0.2) is 0 Å². The number of hydrogen-bond donors (Lipinski definition) is 0. The highest BCUT2D eigenvalue weighted by Crippen LogP contribution is 2.45. The quantitative estimate of drug-likeness (QED) is 0.510. The molecule has 2 heterocycles. The molecule has 1 amide bonds. The topological polar surface area (TPSA) is 77.4 Å². The van der Waals surface area contributed by atoms with Crippen molar-refractivity contribution in [2.75, 3.05) is 17.8 Å². The summed E-state index contributed by atoms with van der Waals surface area (Å²) in [7, 11) is 0. The van der Waals surface area contributed by atoms with Crippen LogP contribution >= 0.6 is 11.8 Å². The Morgan fingerprint density at radius 2 is 1.90 bits per heavy atom. The molecule has 1 aliphatic rings. The minimum Gasteiger partial charge on any atom is -0.493 e. The van der Waals surface area contributed by atoms with E-state index in [0.29, 0.717) is 41.2 Å². The number of carbonyl (C=O) groups is 1. The lowest BCUT2D eigenvalue weighted by atomic mass is 10.1. The van der Waals surface area contributed by atoms with Crippen LogP contribution in [0.2, 0.25) is 0 Å². The number of hydrogen-bond acceptors (Lipinski definition) is 7. The van der Waals surface area contributed by atoms with Crippen molar-refractivity contribution < 1.29 is 14.3 Å². The Labute approximate surface area is 185 Å². The number of rotatable bonds is 6. The molecule has 160 valence electrons. The Kier molecular flexibility index (Phi) is 6.36. The highest BCUT2D eigenvalue weighted by Gasteiger charge is 2.36. The van der Waals surface area contributed by atoms with Crippen LogP contribution in [0.4, 0.5) is 5.69 Å². The highest BCUT2D eigenvalue weighted by atomic mass is 32.2. The summed E-state index contributed by atoms with van der Waals surface area (Å²) in [5.41, 5.74) is 2.72. The Balaban J connectivity index is 1.95. The van der Waals surface area contributed by atoms with E-state index in [0.717, 1.165) is 17.5 Å². The highest BCUT2D eigenvalue weighted by molar-refractivity contribution is 7.98. The molecule has 0 bridgehead atoms. The molecule has 0 fully saturated rings. The fourth-order valence-electron chi connectivity index (χ4n) is 3.47. The molecular formula is C23H24N4O3S. The van der Waals surface area contributed by atoms with Crippen molar-refractivity contribution >= 4 is 23.4 Å². The molecule has 0 saturated heterocycles. The van der Waals surface area contributed by atoms with Crippen molar-refractivity contribution in [2.45, 2.75) is 38.1 Å². The number of nitrogens with zero attached hydrogens (tertiary/aromatic N) is 4. The SMILES string of the molecule is CCCOc1ccccc1[C@@H]1Oc2nc(SC)nnc2-c2ccccc2N1C(=O)CC. The molecule has 8 heteroatoms. The van der Waals surface area contributed by atoms with Crippen LogP contribution in [0, 0.1) is 0 Å². The lowest BCUT2D eigenvalue weighted by Crippen LogP contribution is -2.37. The summed E-state index contributed by atoms with van der Waals surface area (Å²) in [5, 5.41) is 9.07. The lowest BCUT2D eigenvalue weighted by molar-refractivity contribution is -0.120. The zero-order valence-electron chi connectivity index (χ0n) is 17.7. The van der Waals surface area contributed by atoms with Crippen LogP contribution in [0.15, 0.2) is 53.7 Å². The standard InChI is InChI=1S/C23H24N4O3S/c1-4-14-29-18-13-9-7-11-16(18)22-27(19(28)5-2)17-12-8-6-10-15(17)20-21(30-22)24-23(31-3)26-25-20/h6-13,22H,4-5,14H2,1-3H3/t22-/m0/s1. The van der Waals surface area contributed by atoms with Gasteiger partial charge in [0, 0.05) is 12.0 Å². The van der Waals surface area contributed by atoms with Crippen LogP contribution in [0.5, 0.6) is 11.6 Å². The number of aromatic nitrogens is 3. The summed E-state index contributed by atoms with van der Waals surface area (Å²) in [6.07, 6.45) is 2.32. The Hall–Kier alpha value is -3.13. The second-order valence-corrected chi connectivity index (χ2v) is 7.72. The van der Waals surface area contributed by atoms with Gasteiger partial charge < -0.3 is 9.47 Å². The Morgan fingerprint density at radius 3 is 2.68 bits per heavy atom. The van der Waals surface area contributed by atoms with Crippen LogP contribution in [0.1, 0.15) is 38.5 Å². The van der Waals surface area contributed by atoms with Crippen LogP contribution in [-0.4, -0.2) is 34.0 Å². The molecule has 0 saturated carbocycles. The van der Waals surface area contributed by atoms with Crippen LogP contribution in [-0.2, 0) is 4.79 Å². The van der Waals surface area contributed by atoms with Gasteiger partial charge in [0.05, 0.1) is 17.9 Å². The molecule has 7 nitrogen and oxygen atoms in total. The van der Waals surface area contributed by atoms with Gasteiger partial charge in [-0.1, -0.05) is 55.9 Å². The first-order valence-corrected chi connectivity index (χ1v) is 11.5. The third-order valence-corrected chi connectivity index (χ3v) is 5.45. The van der Waals surface area contributed by atoms with Gasteiger partial charge >= 0.3 is 0 Å². The number of amides is 1. The van der Waals surface area contributed by atoms with E-state index in [-0.39, 0.29) is 5.91 Å². The lowest BCUT2D eigenvalue weighted by Gasteiger charge is -2.31. The third-order valence-electron chi connectivity index (χ3n) is 4.91. The first-order valence-electron chi connectivity index (χ1n) is 10.3. The van der Waals surface area contributed by atoms with Gasteiger partial charge in [-0.3, -0.25) is 9.69 Å². The predicted molar refractivity (Wildman–Crippen MR) is 120 cm³/mol. The molecule has 3 aromatic rings. The zero-order valence-corrected chi connectivity index (χ0v) is 18.6. The maximum Gasteiger partial charge on any atom is 0.247 e. The van der Waals surface area contributed by atoms with Gasteiger partial charge in [-0.2, -0.15) is 4.98 Å². The molecule has 31 heavy (non-hydrogen) atoms. The monoisotopic (exact) mass is 436 g/mol. The van der Waals surface area contributed by atoms with Gasteiger partial charge in [0.2, 0.25) is 23.2 Å². The third kappa shape index (κ3) is 4.07. The molecule has 0 spiro atoms. The summed E-state index contributed by atoms with van der Waals surface area (Å²) in [5.74, 6) is 0.943. The van der Waals surface area contributed by atoms with Gasteiger partial charge in [-0.05, 0) is 30.9 Å². The summed E-state index contributed by atoms with van der Waals surface area (Å²) in [6, 6.07) is 15.2. The molecule has 0 aliphatic carbocycles. The van der Waals surface area contributed by atoms with E-state index >= 15 is 0 Å². The fourth-order valence-corrected chi connectivity index (χ4v) is 3.77. The summed E-state index contributed by atoms with van der Waals surface area (Å²) < 4.78 is 12.4. The molecule has 1 aliphatic heterocycles. The number of anilines is 1. The van der Waals surface area contributed by atoms with Crippen LogP contribution in [0.3, 0.4) is 0 Å². The summed E-state index contributed by atoms with van der Waals surface area (Å²) in [4.78, 5) is 19.4. The van der Waals surface area contributed by atoms with Crippen LogP contribution in [0.25, 0.3) is 11.3 Å². The molecular weight excluding hydrogens is 412 g/mol. The largest absolute Gasteiger partial charge is 0.493 e. The van der Waals surface area contributed by atoms with E-state index in [2.05, 4.69) is 22.1 Å². The van der Waals surface area contributed by atoms with E-state index in [9.17, 15) is 4.79 Å². The molecule has 0 N–H and O–H groups in total. The molecule has 4 rings (SSSR count). The second kappa shape index (κ2) is 9.34.